The van der Waals surface area contributed by atoms with Gasteiger partial charge in [0.1, 0.15) is 0 Å². The zero-order valence-corrected chi connectivity index (χ0v) is 11.9. The lowest BCUT2D eigenvalue weighted by atomic mass is 9.86. The van der Waals surface area contributed by atoms with Gasteiger partial charge in [-0.1, -0.05) is 90.4 Å². The van der Waals surface area contributed by atoms with Crippen molar-refractivity contribution in [3.8, 4) is 0 Å². The highest BCUT2D eigenvalue weighted by Gasteiger charge is 2.26. The molecule has 0 aromatic heterocycles. The van der Waals surface area contributed by atoms with E-state index in [2.05, 4.69) is 6.92 Å². The van der Waals surface area contributed by atoms with Gasteiger partial charge in [-0.15, -0.1) is 0 Å². The Kier molecular flexibility index (Phi) is 5.88. The van der Waals surface area contributed by atoms with Gasteiger partial charge in [-0.3, -0.25) is 0 Å². The van der Waals surface area contributed by atoms with Crippen molar-refractivity contribution in [3.05, 3.63) is 0 Å². The Morgan fingerprint density at radius 2 is 0.882 bits per heavy atom. The second-order valence-corrected chi connectivity index (χ2v) is 6.83. The minimum atomic E-state index is 0.996. The van der Waals surface area contributed by atoms with Gasteiger partial charge in [-0.2, -0.15) is 0 Å². The Morgan fingerprint density at radius 3 is 1.59 bits per heavy atom. The van der Waals surface area contributed by atoms with Crippen LogP contribution < -0.4 is 0 Å². The van der Waals surface area contributed by atoms with Crippen molar-refractivity contribution in [2.24, 2.45) is 17.8 Å². The normalized spacial score (nSPS) is 37.6. The van der Waals surface area contributed by atoms with Crippen molar-refractivity contribution < 1.29 is 0 Å². The largest absolute Gasteiger partial charge is 0.0625 e. The fourth-order valence-electron chi connectivity index (χ4n) is 4.18. The molecule has 2 fully saturated rings. The van der Waals surface area contributed by atoms with Crippen molar-refractivity contribution in [1.82, 2.24) is 0 Å². The number of rotatable bonds is 0. The van der Waals surface area contributed by atoms with Crippen LogP contribution >= 0.6 is 0 Å². The molecule has 2 saturated carbocycles. The Labute approximate surface area is 109 Å². The van der Waals surface area contributed by atoms with Gasteiger partial charge in [0.15, 0.2) is 0 Å². The van der Waals surface area contributed by atoms with Crippen molar-refractivity contribution in [2.75, 3.05) is 0 Å². The molecule has 0 aliphatic heterocycles. The molecule has 0 N–H and O–H groups in total. The van der Waals surface area contributed by atoms with Crippen molar-refractivity contribution in [1.29, 1.82) is 0 Å². The van der Waals surface area contributed by atoms with Gasteiger partial charge < -0.3 is 0 Å². The first-order valence-corrected chi connectivity index (χ1v) is 8.36. The Hall–Kier alpha value is 0. The van der Waals surface area contributed by atoms with Crippen LogP contribution in [0.5, 0.6) is 0 Å². The standard InChI is InChI=1S/C17H32/c1-15-9-5-3-2-4-6-11-16-13-8-14-17(16)12-7-10-15/h15-17H,2-14H2,1H3. The zero-order chi connectivity index (χ0) is 11.9. The molecule has 2 aliphatic rings. The number of hydrogen-bond donors (Lipinski definition) is 0. The Balaban J connectivity index is 1.79. The van der Waals surface area contributed by atoms with E-state index in [1.165, 1.54) is 57.8 Å². The molecule has 0 heterocycles. The maximum absolute atomic E-state index is 2.48. The van der Waals surface area contributed by atoms with Crippen LogP contribution in [-0.4, -0.2) is 0 Å². The monoisotopic (exact) mass is 236 g/mol. The van der Waals surface area contributed by atoms with Crippen molar-refractivity contribution in [3.63, 3.8) is 0 Å². The molecule has 0 saturated heterocycles. The van der Waals surface area contributed by atoms with Crippen LogP contribution in [-0.2, 0) is 0 Å². The molecule has 100 valence electrons. The summed E-state index contributed by atoms with van der Waals surface area (Å²) in [6.07, 6.45) is 19.8. The lowest BCUT2D eigenvalue weighted by Crippen LogP contribution is -2.08. The molecule has 0 aromatic carbocycles. The van der Waals surface area contributed by atoms with Crippen LogP contribution in [0.2, 0.25) is 0 Å². The molecule has 3 atom stereocenters. The molecular formula is C17H32. The SMILES string of the molecule is CC1CCCCCCCC2CCCC2CCC1. The quantitative estimate of drug-likeness (QED) is 0.487. The van der Waals surface area contributed by atoms with Crippen molar-refractivity contribution in [2.45, 2.75) is 90.4 Å². The molecule has 0 spiro atoms. The van der Waals surface area contributed by atoms with Gasteiger partial charge in [0.05, 0.1) is 0 Å². The number of fused-ring (bicyclic) bond motifs is 1. The third-order valence-corrected chi connectivity index (χ3v) is 5.36. The fraction of sp³-hybridized carbons (Fsp3) is 1.00. The summed E-state index contributed by atoms with van der Waals surface area (Å²) in [5.41, 5.74) is 0. The van der Waals surface area contributed by atoms with E-state index >= 15 is 0 Å². The molecule has 3 unspecified atom stereocenters. The smallest absolute Gasteiger partial charge is 0.0386 e. The first-order chi connectivity index (χ1) is 8.36. The second-order valence-electron chi connectivity index (χ2n) is 6.83. The molecule has 0 heteroatoms. The third-order valence-electron chi connectivity index (χ3n) is 5.36. The van der Waals surface area contributed by atoms with Crippen LogP contribution in [0.25, 0.3) is 0 Å². The highest BCUT2D eigenvalue weighted by atomic mass is 14.3. The molecule has 2 rings (SSSR count). The van der Waals surface area contributed by atoms with Gasteiger partial charge in [0.2, 0.25) is 0 Å². The van der Waals surface area contributed by atoms with Gasteiger partial charge in [0, 0.05) is 0 Å². The van der Waals surface area contributed by atoms with E-state index in [4.69, 9.17) is 0 Å². The van der Waals surface area contributed by atoms with Gasteiger partial charge in [-0.25, -0.2) is 0 Å². The molecule has 0 nitrogen and oxygen atoms in total. The van der Waals surface area contributed by atoms with E-state index in [0.717, 1.165) is 17.8 Å². The lowest BCUT2D eigenvalue weighted by molar-refractivity contribution is 0.317. The zero-order valence-electron chi connectivity index (χ0n) is 11.9. The first kappa shape index (κ1) is 13.4. The molecule has 17 heavy (non-hydrogen) atoms. The molecule has 0 radical (unpaired) electrons. The average molecular weight is 236 g/mol. The number of hydrogen-bond acceptors (Lipinski definition) is 0. The second kappa shape index (κ2) is 7.44. The average Bonchev–Trinajstić information content (AvgIpc) is 2.75. The van der Waals surface area contributed by atoms with Gasteiger partial charge in [-0.05, 0) is 17.8 Å². The minimum absolute atomic E-state index is 0.996. The van der Waals surface area contributed by atoms with Crippen LogP contribution in [0.1, 0.15) is 90.4 Å². The summed E-state index contributed by atoms with van der Waals surface area (Å²) in [6.45, 7) is 2.48. The Bertz CT molecular complexity index is 196. The summed E-state index contributed by atoms with van der Waals surface area (Å²) in [5.74, 6) is 3.23. The summed E-state index contributed by atoms with van der Waals surface area (Å²) in [7, 11) is 0. The van der Waals surface area contributed by atoms with E-state index in [-0.39, 0.29) is 0 Å². The summed E-state index contributed by atoms with van der Waals surface area (Å²) in [6, 6.07) is 0. The summed E-state index contributed by atoms with van der Waals surface area (Å²) in [5, 5.41) is 0. The molecule has 0 aromatic rings. The van der Waals surface area contributed by atoms with E-state index in [0.29, 0.717) is 0 Å². The highest BCUT2D eigenvalue weighted by Crippen LogP contribution is 2.39. The summed E-state index contributed by atoms with van der Waals surface area (Å²) in [4.78, 5) is 0. The van der Waals surface area contributed by atoms with Crippen LogP contribution in [0, 0.1) is 17.8 Å². The maximum Gasteiger partial charge on any atom is -0.0386 e. The maximum atomic E-state index is 2.48. The van der Waals surface area contributed by atoms with Crippen molar-refractivity contribution >= 4 is 0 Å². The van der Waals surface area contributed by atoms with E-state index in [1.54, 1.807) is 25.7 Å². The molecular weight excluding hydrogens is 204 g/mol. The van der Waals surface area contributed by atoms with Gasteiger partial charge in [0.25, 0.3) is 0 Å². The Morgan fingerprint density at radius 1 is 0.471 bits per heavy atom. The molecule has 0 bridgehead atoms. The first-order valence-electron chi connectivity index (χ1n) is 8.36. The predicted molar refractivity (Wildman–Crippen MR) is 76.2 cm³/mol. The predicted octanol–water partition coefficient (Wildman–Crippen LogP) is 5.95. The van der Waals surface area contributed by atoms with Crippen LogP contribution in [0.3, 0.4) is 0 Å². The van der Waals surface area contributed by atoms with E-state index in [9.17, 15) is 0 Å². The summed E-state index contributed by atoms with van der Waals surface area (Å²) >= 11 is 0. The van der Waals surface area contributed by atoms with Crippen LogP contribution in [0.4, 0.5) is 0 Å². The van der Waals surface area contributed by atoms with E-state index in [1.807, 2.05) is 0 Å². The van der Waals surface area contributed by atoms with E-state index < -0.39 is 0 Å². The van der Waals surface area contributed by atoms with Gasteiger partial charge >= 0.3 is 0 Å². The summed E-state index contributed by atoms with van der Waals surface area (Å²) < 4.78 is 0. The minimum Gasteiger partial charge on any atom is -0.0625 e. The fourth-order valence-corrected chi connectivity index (χ4v) is 4.18. The third kappa shape index (κ3) is 4.64. The topological polar surface area (TPSA) is 0 Å². The molecule has 0 amide bonds. The lowest BCUT2D eigenvalue weighted by Gasteiger charge is -2.20. The van der Waals surface area contributed by atoms with Crippen LogP contribution in [0.15, 0.2) is 0 Å². The highest BCUT2D eigenvalue weighted by molar-refractivity contribution is 4.78. The molecule has 2 aliphatic carbocycles.